The van der Waals surface area contributed by atoms with Crippen LogP contribution in [0, 0.1) is 6.92 Å². The summed E-state index contributed by atoms with van der Waals surface area (Å²) < 4.78 is 4.91. The van der Waals surface area contributed by atoms with Crippen molar-refractivity contribution in [2.24, 2.45) is 0 Å². The Labute approximate surface area is 91.7 Å². The molecule has 0 spiro atoms. The van der Waals surface area contributed by atoms with Gasteiger partial charge in [0.25, 0.3) is 5.91 Å². The molecule has 0 aliphatic rings. The highest BCUT2D eigenvalue weighted by atomic mass is 32.1. The highest BCUT2D eigenvalue weighted by Crippen LogP contribution is 2.14. The molecule has 0 aliphatic carbocycles. The van der Waals surface area contributed by atoms with Crippen LogP contribution < -0.4 is 5.32 Å². The topological polar surface area (TPSA) is 42.2 Å². The first-order chi connectivity index (χ1) is 7.25. The molecule has 0 aromatic carbocycles. The van der Waals surface area contributed by atoms with Gasteiger partial charge in [-0.3, -0.25) is 4.79 Å². The fourth-order valence-corrected chi connectivity index (χ4v) is 2.00. The zero-order valence-electron chi connectivity index (χ0n) is 8.32. The Morgan fingerprint density at radius 1 is 1.47 bits per heavy atom. The Hall–Kier alpha value is -1.55. The second-order valence-corrected chi connectivity index (χ2v) is 4.51. The molecular weight excluding hydrogens is 210 g/mol. The van der Waals surface area contributed by atoms with Crippen molar-refractivity contribution < 1.29 is 9.21 Å². The summed E-state index contributed by atoms with van der Waals surface area (Å²) in [6.45, 7) is 2.49. The molecule has 0 bridgehead atoms. The molecule has 2 rings (SSSR count). The van der Waals surface area contributed by atoms with Crippen molar-refractivity contribution in [2.45, 2.75) is 13.5 Å². The van der Waals surface area contributed by atoms with Crippen molar-refractivity contribution in [3.05, 3.63) is 46.0 Å². The van der Waals surface area contributed by atoms with Gasteiger partial charge in [0, 0.05) is 17.0 Å². The van der Waals surface area contributed by atoms with E-state index in [-0.39, 0.29) is 5.91 Å². The van der Waals surface area contributed by atoms with Crippen molar-refractivity contribution in [3.8, 4) is 0 Å². The van der Waals surface area contributed by atoms with Crippen LogP contribution in [0.1, 0.15) is 20.1 Å². The molecule has 2 heterocycles. The normalized spacial score (nSPS) is 10.2. The van der Waals surface area contributed by atoms with E-state index in [4.69, 9.17) is 4.42 Å². The SMILES string of the molecule is Cc1ccc(C(=O)NCc2ccoc2)s1. The fraction of sp³-hybridized carbons (Fsp3) is 0.182. The summed E-state index contributed by atoms with van der Waals surface area (Å²) in [5, 5.41) is 2.83. The van der Waals surface area contributed by atoms with Crippen LogP contribution in [0.5, 0.6) is 0 Å². The Balaban J connectivity index is 1.93. The van der Waals surface area contributed by atoms with Gasteiger partial charge in [-0.05, 0) is 25.1 Å². The lowest BCUT2D eigenvalue weighted by molar-refractivity contribution is 0.0955. The number of nitrogens with one attached hydrogen (secondary N) is 1. The Morgan fingerprint density at radius 2 is 2.33 bits per heavy atom. The molecule has 0 aliphatic heterocycles. The summed E-state index contributed by atoms with van der Waals surface area (Å²) in [7, 11) is 0. The summed E-state index contributed by atoms with van der Waals surface area (Å²) in [6, 6.07) is 5.61. The van der Waals surface area contributed by atoms with E-state index >= 15 is 0 Å². The molecule has 0 saturated carbocycles. The first kappa shape index (κ1) is 9.98. The number of rotatable bonds is 3. The molecule has 1 amide bonds. The van der Waals surface area contributed by atoms with Gasteiger partial charge in [-0.15, -0.1) is 11.3 Å². The number of aryl methyl sites for hydroxylation is 1. The van der Waals surface area contributed by atoms with Crippen LogP contribution in [0.15, 0.2) is 35.1 Å². The number of carbonyl (C=O) groups excluding carboxylic acids is 1. The smallest absolute Gasteiger partial charge is 0.261 e. The van der Waals surface area contributed by atoms with Gasteiger partial charge >= 0.3 is 0 Å². The maximum atomic E-state index is 11.6. The number of carbonyl (C=O) groups is 1. The van der Waals surface area contributed by atoms with Crippen LogP contribution in [0.3, 0.4) is 0 Å². The molecule has 2 aromatic heterocycles. The standard InChI is InChI=1S/C11H11NO2S/c1-8-2-3-10(15-8)11(13)12-6-9-4-5-14-7-9/h2-5,7H,6H2,1H3,(H,12,13). The molecule has 0 radical (unpaired) electrons. The van der Waals surface area contributed by atoms with Gasteiger partial charge in [0.05, 0.1) is 17.4 Å². The molecule has 2 aromatic rings. The molecule has 15 heavy (non-hydrogen) atoms. The lowest BCUT2D eigenvalue weighted by Crippen LogP contribution is -2.21. The molecule has 0 saturated heterocycles. The van der Waals surface area contributed by atoms with Gasteiger partial charge in [0.1, 0.15) is 0 Å². The fourth-order valence-electron chi connectivity index (χ4n) is 1.22. The largest absolute Gasteiger partial charge is 0.472 e. The van der Waals surface area contributed by atoms with E-state index in [0.29, 0.717) is 6.54 Å². The molecule has 78 valence electrons. The molecule has 0 atom stereocenters. The maximum Gasteiger partial charge on any atom is 0.261 e. The van der Waals surface area contributed by atoms with E-state index in [1.807, 2.05) is 25.1 Å². The first-order valence-electron chi connectivity index (χ1n) is 4.61. The van der Waals surface area contributed by atoms with Crippen LogP contribution in [0.4, 0.5) is 0 Å². The summed E-state index contributed by atoms with van der Waals surface area (Å²) in [4.78, 5) is 13.5. The molecule has 4 heteroatoms. The molecule has 3 nitrogen and oxygen atoms in total. The second kappa shape index (κ2) is 4.31. The van der Waals surface area contributed by atoms with Crippen molar-refractivity contribution in [3.63, 3.8) is 0 Å². The minimum Gasteiger partial charge on any atom is -0.472 e. The molecule has 1 N–H and O–H groups in total. The predicted molar refractivity (Wildman–Crippen MR) is 58.9 cm³/mol. The Bertz CT molecular complexity index is 445. The third-order valence-corrected chi connectivity index (χ3v) is 3.00. The van der Waals surface area contributed by atoms with E-state index < -0.39 is 0 Å². The number of hydrogen-bond donors (Lipinski definition) is 1. The van der Waals surface area contributed by atoms with Crippen LogP contribution in [-0.2, 0) is 6.54 Å². The van der Waals surface area contributed by atoms with Gasteiger partial charge < -0.3 is 9.73 Å². The second-order valence-electron chi connectivity index (χ2n) is 3.22. The van der Waals surface area contributed by atoms with Crippen LogP contribution in [0.2, 0.25) is 0 Å². The maximum absolute atomic E-state index is 11.6. The average molecular weight is 221 g/mol. The van der Waals surface area contributed by atoms with Crippen LogP contribution in [-0.4, -0.2) is 5.91 Å². The number of amides is 1. The predicted octanol–water partition coefficient (Wildman–Crippen LogP) is 2.58. The zero-order valence-corrected chi connectivity index (χ0v) is 9.14. The lowest BCUT2D eigenvalue weighted by Gasteiger charge is -2.00. The quantitative estimate of drug-likeness (QED) is 0.865. The van der Waals surface area contributed by atoms with Gasteiger partial charge in [-0.2, -0.15) is 0 Å². The lowest BCUT2D eigenvalue weighted by atomic mass is 10.3. The van der Waals surface area contributed by atoms with E-state index in [1.54, 1.807) is 12.5 Å². The monoisotopic (exact) mass is 221 g/mol. The number of hydrogen-bond acceptors (Lipinski definition) is 3. The van der Waals surface area contributed by atoms with Crippen molar-refractivity contribution in [2.75, 3.05) is 0 Å². The van der Waals surface area contributed by atoms with Gasteiger partial charge in [0.15, 0.2) is 0 Å². The average Bonchev–Trinajstić information content (AvgIpc) is 2.84. The number of thiophene rings is 1. The van der Waals surface area contributed by atoms with E-state index in [2.05, 4.69) is 5.32 Å². The molecule has 0 fully saturated rings. The van der Waals surface area contributed by atoms with E-state index in [9.17, 15) is 4.79 Å². The summed E-state index contributed by atoms with van der Waals surface area (Å²) in [5.74, 6) is -0.0331. The molecular formula is C11H11NO2S. The Morgan fingerprint density at radius 3 is 2.93 bits per heavy atom. The van der Waals surface area contributed by atoms with Crippen molar-refractivity contribution in [1.29, 1.82) is 0 Å². The zero-order chi connectivity index (χ0) is 10.7. The van der Waals surface area contributed by atoms with Crippen LogP contribution >= 0.6 is 11.3 Å². The third-order valence-electron chi connectivity index (χ3n) is 2.00. The van der Waals surface area contributed by atoms with Gasteiger partial charge in [-0.25, -0.2) is 0 Å². The first-order valence-corrected chi connectivity index (χ1v) is 5.43. The van der Waals surface area contributed by atoms with Crippen molar-refractivity contribution in [1.82, 2.24) is 5.32 Å². The minimum absolute atomic E-state index is 0.0331. The third kappa shape index (κ3) is 2.47. The van der Waals surface area contributed by atoms with E-state index in [1.165, 1.54) is 11.3 Å². The van der Waals surface area contributed by atoms with Gasteiger partial charge in [-0.1, -0.05) is 0 Å². The number of furan rings is 1. The summed E-state index contributed by atoms with van der Waals surface area (Å²) in [6.07, 6.45) is 3.22. The van der Waals surface area contributed by atoms with E-state index in [0.717, 1.165) is 15.3 Å². The van der Waals surface area contributed by atoms with Crippen molar-refractivity contribution >= 4 is 17.2 Å². The Kier molecular flexibility index (Phi) is 2.87. The summed E-state index contributed by atoms with van der Waals surface area (Å²) in [5.41, 5.74) is 0.969. The molecule has 0 unspecified atom stereocenters. The highest BCUT2D eigenvalue weighted by Gasteiger charge is 2.07. The summed E-state index contributed by atoms with van der Waals surface area (Å²) >= 11 is 1.50. The highest BCUT2D eigenvalue weighted by molar-refractivity contribution is 7.13. The van der Waals surface area contributed by atoms with Crippen LogP contribution in [0.25, 0.3) is 0 Å². The minimum atomic E-state index is -0.0331. The van der Waals surface area contributed by atoms with Gasteiger partial charge in [0.2, 0.25) is 0 Å².